The lowest BCUT2D eigenvalue weighted by atomic mass is 10.2. The Hall–Kier alpha value is -0.610. The van der Waals surface area contributed by atoms with Gasteiger partial charge in [-0.1, -0.05) is 6.92 Å². The standard InChI is InChI=1S/C10H13BrFNO/c1-7(6-14)5-13-10-3-2-8(12)4-9(10)11/h2-4,7,13-14H,5-6H2,1H3. The lowest BCUT2D eigenvalue weighted by molar-refractivity contribution is 0.244. The highest BCUT2D eigenvalue weighted by atomic mass is 79.9. The van der Waals surface area contributed by atoms with Gasteiger partial charge in [0.25, 0.3) is 0 Å². The molecule has 0 aliphatic carbocycles. The Kier molecular flexibility index (Phi) is 4.35. The normalized spacial score (nSPS) is 12.6. The van der Waals surface area contributed by atoms with Gasteiger partial charge in [0, 0.05) is 23.3 Å². The van der Waals surface area contributed by atoms with Crippen molar-refractivity contribution in [3.63, 3.8) is 0 Å². The van der Waals surface area contributed by atoms with Crippen LogP contribution in [0.2, 0.25) is 0 Å². The zero-order valence-electron chi connectivity index (χ0n) is 7.93. The minimum Gasteiger partial charge on any atom is -0.396 e. The van der Waals surface area contributed by atoms with Gasteiger partial charge in [-0.05, 0) is 40.0 Å². The Morgan fingerprint density at radius 2 is 2.29 bits per heavy atom. The Bertz CT molecular complexity index is 306. The second-order valence-electron chi connectivity index (χ2n) is 3.29. The number of anilines is 1. The molecule has 0 aliphatic heterocycles. The highest BCUT2D eigenvalue weighted by Gasteiger charge is 2.03. The highest BCUT2D eigenvalue weighted by Crippen LogP contribution is 2.23. The quantitative estimate of drug-likeness (QED) is 0.874. The van der Waals surface area contributed by atoms with Gasteiger partial charge in [-0.25, -0.2) is 4.39 Å². The van der Waals surface area contributed by atoms with Gasteiger partial charge in [-0.2, -0.15) is 0 Å². The summed E-state index contributed by atoms with van der Waals surface area (Å²) in [5.41, 5.74) is 0.840. The molecule has 0 heterocycles. The summed E-state index contributed by atoms with van der Waals surface area (Å²) in [5.74, 6) is -0.0791. The maximum Gasteiger partial charge on any atom is 0.124 e. The summed E-state index contributed by atoms with van der Waals surface area (Å²) in [6.07, 6.45) is 0. The fraction of sp³-hybridized carbons (Fsp3) is 0.400. The molecule has 0 aliphatic rings. The second-order valence-corrected chi connectivity index (χ2v) is 4.15. The highest BCUT2D eigenvalue weighted by molar-refractivity contribution is 9.10. The van der Waals surface area contributed by atoms with Crippen LogP contribution < -0.4 is 5.32 Å². The smallest absolute Gasteiger partial charge is 0.124 e. The fourth-order valence-electron chi connectivity index (χ4n) is 0.982. The topological polar surface area (TPSA) is 32.3 Å². The molecular formula is C10H13BrFNO. The van der Waals surface area contributed by atoms with Crippen molar-refractivity contribution in [1.29, 1.82) is 0 Å². The van der Waals surface area contributed by atoms with Crippen LogP contribution in [-0.4, -0.2) is 18.3 Å². The van der Waals surface area contributed by atoms with E-state index < -0.39 is 0 Å². The van der Waals surface area contributed by atoms with Gasteiger partial charge < -0.3 is 10.4 Å². The molecule has 1 atom stereocenters. The van der Waals surface area contributed by atoms with E-state index in [1.165, 1.54) is 12.1 Å². The van der Waals surface area contributed by atoms with Crippen molar-refractivity contribution >= 4 is 21.6 Å². The zero-order chi connectivity index (χ0) is 10.6. The van der Waals surface area contributed by atoms with Crippen molar-refractivity contribution in [2.75, 3.05) is 18.5 Å². The van der Waals surface area contributed by atoms with E-state index in [-0.39, 0.29) is 18.3 Å². The average molecular weight is 262 g/mol. The van der Waals surface area contributed by atoms with Gasteiger partial charge in [-0.3, -0.25) is 0 Å². The average Bonchev–Trinajstić information content (AvgIpc) is 2.16. The fourth-order valence-corrected chi connectivity index (χ4v) is 1.47. The Balaban J connectivity index is 2.59. The molecule has 0 radical (unpaired) electrons. The summed E-state index contributed by atoms with van der Waals surface area (Å²) in [6, 6.07) is 4.48. The number of hydrogen-bond donors (Lipinski definition) is 2. The first-order valence-electron chi connectivity index (χ1n) is 4.43. The van der Waals surface area contributed by atoms with Crippen LogP contribution in [0.3, 0.4) is 0 Å². The second kappa shape index (κ2) is 5.32. The van der Waals surface area contributed by atoms with E-state index in [2.05, 4.69) is 21.2 Å². The van der Waals surface area contributed by atoms with Gasteiger partial charge in [0.2, 0.25) is 0 Å². The molecule has 1 rings (SSSR count). The zero-order valence-corrected chi connectivity index (χ0v) is 9.51. The van der Waals surface area contributed by atoms with Crippen LogP contribution in [0, 0.1) is 11.7 Å². The van der Waals surface area contributed by atoms with Gasteiger partial charge in [0.1, 0.15) is 5.82 Å². The maximum absolute atomic E-state index is 12.7. The van der Waals surface area contributed by atoms with Crippen molar-refractivity contribution < 1.29 is 9.50 Å². The van der Waals surface area contributed by atoms with Crippen molar-refractivity contribution in [1.82, 2.24) is 0 Å². The van der Waals surface area contributed by atoms with E-state index in [1.807, 2.05) is 6.92 Å². The van der Waals surface area contributed by atoms with Gasteiger partial charge in [0.15, 0.2) is 0 Å². The number of rotatable bonds is 4. The molecule has 0 bridgehead atoms. The van der Waals surface area contributed by atoms with Crippen molar-refractivity contribution in [2.45, 2.75) is 6.92 Å². The maximum atomic E-state index is 12.7. The number of benzene rings is 1. The van der Waals surface area contributed by atoms with E-state index in [1.54, 1.807) is 6.07 Å². The monoisotopic (exact) mass is 261 g/mol. The Labute approximate surface area is 91.3 Å². The number of aliphatic hydroxyl groups is 1. The molecule has 1 aromatic rings. The van der Waals surface area contributed by atoms with Crippen LogP contribution in [0.25, 0.3) is 0 Å². The van der Waals surface area contributed by atoms with Crippen LogP contribution >= 0.6 is 15.9 Å². The number of nitrogens with one attached hydrogen (secondary N) is 1. The third kappa shape index (κ3) is 3.27. The van der Waals surface area contributed by atoms with E-state index in [0.29, 0.717) is 11.0 Å². The summed E-state index contributed by atoms with van der Waals surface area (Å²) >= 11 is 3.25. The minimum atomic E-state index is -0.266. The molecule has 0 saturated carbocycles. The largest absolute Gasteiger partial charge is 0.396 e. The first-order valence-corrected chi connectivity index (χ1v) is 5.22. The molecule has 0 aromatic heterocycles. The molecule has 2 nitrogen and oxygen atoms in total. The summed E-state index contributed by atoms with van der Waals surface area (Å²) in [6.45, 7) is 2.75. The van der Waals surface area contributed by atoms with E-state index in [0.717, 1.165) is 5.69 Å². The summed E-state index contributed by atoms with van der Waals surface area (Å²) in [7, 11) is 0. The summed E-state index contributed by atoms with van der Waals surface area (Å²) in [5, 5.41) is 11.9. The first kappa shape index (κ1) is 11.5. The van der Waals surface area contributed by atoms with Crippen LogP contribution in [0.15, 0.2) is 22.7 Å². The number of halogens is 2. The Morgan fingerprint density at radius 1 is 1.57 bits per heavy atom. The molecule has 0 amide bonds. The van der Waals surface area contributed by atoms with Crippen molar-refractivity contribution in [3.05, 3.63) is 28.5 Å². The van der Waals surface area contributed by atoms with E-state index in [9.17, 15) is 4.39 Å². The molecule has 0 saturated heterocycles. The number of aliphatic hydroxyl groups excluding tert-OH is 1. The van der Waals surface area contributed by atoms with Crippen LogP contribution in [0.1, 0.15) is 6.92 Å². The van der Waals surface area contributed by atoms with Crippen LogP contribution in [0.4, 0.5) is 10.1 Å². The molecule has 2 N–H and O–H groups in total. The predicted octanol–water partition coefficient (Wildman–Crippen LogP) is 2.63. The van der Waals surface area contributed by atoms with Gasteiger partial charge in [0.05, 0.1) is 0 Å². The van der Waals surface area contributed by atoms with Crippen molar-refractivity contribution in [3.8, 4) is 0 Å². The van der Waals surface area contributed by atoms with Crippen LogP contribution in [-0.2, 0) is 0 Å². The first-order chi connectivity index (χ1) is 6.63. The van der Waals surface area contributed by atoms with Gasteiger partial charge >= 0.3 is 0 Å². The SMILES string of the molecule is CC(CO)CNc1ccc(F)cc1Br. The molecule has 1 unspecified atom stereocenters. The molecule has 4 heteroatoms. The predicted molar refractivity (Wildman–Crippen MR) is 58.8 cm³/mol. The molecule has 0 fully saturated rings. The molecule has 14 heavy (non-hydrogen) atoms. The van der Waals surface area contributed by atoms with Crippen molar-refractivity contribution in [2.24, 2.45) is 5.92 Å². The lowest BCUT2D eigenvalue weighted by Crippen LogP contribution is -2.14. The summed E-state index contributed by atoms with van der Waals surface area (Å²) < 4.78 is 13.4. The van der Waals surface area contributed by atoms with Crippen LogP contribution in [0.5, 0.6) is 0 Å². The Morgan fingerprint density at radius 3 is 2.86 bits per heavy atom. The molecule has 78 valence electrons. The molecule has 1 aromatic carbocycles. The lowest BCUT2D eigenvalue weighted by Gasteiger charge is -2.12. The molecular weight excluding hydrogens is 249 g/mol. The third-order valence-corrected chi connectivity index (χ3v) is 2.54. The minimum absolute atomic E-state index is 0.145. The van der Waals surface area contributed by atoms with E-state index >= 15 is 0 Å². The number of hydrogen-bond acceptors (Lipinski definition) is 2. The third-order valence-electron chi connectivity index (χ3n) is 1.88. The van der Waals surface area contributed by atoms with Gasteiger partial charge in [-0.15, -0.1) is 0 Å². The molecule has 0 spiro atoms. The van der Waals surface area contributed by atoms with E-state index in [4.69, 9.17) is 5.11 Å². The summed E-state index contributed by atoms with van der Waals surface area (Å²) in [4.78, 5) is 0.